The second kappa shape index (κ2) is 5.16. The number of hydrogen-bond acceptors (Lipinski definition) is 4. The Hall–Kier alpha value is -1.92. The Morgan fingerprint density at radius 1 is 1.22 bits per heavy atom. The van der Waals surface area contributed by atoms with Crippen molar-refractivity contribution < 1.29 is 8.42 Å². The molecule has 0 radical (unpaired) electrons. The van der Waals surface area contributed by atoms with Crippen molar-refractivity contribution in [2.24, 2.45) is 0 Å². The summed E-state index contributed by atoms with van der Waals surface area (Å²) in [7, 11) is -3.52. The molecule has 0 aliphatic carbocycles. The molecule has 1 aromatic carbocycles. The van der Waals surface area contributed by atoms with Gasteiger partial charge in [0.05, 0.1) is 0 Å². The number of anilines is 1. The van der Waals surface area contributed by atoms with E-state index in [1.165, 1.54) is 18.5 Å². The normalized spacial score (nSPS) is 11.3. The van der Waals surface area contributed by atoms with E-state index in [0.29, 0.717) is 5.69 Å². The van der Waals surface area contributed by atoms with E-state index < -0.39 is 10.0 Å². The fraction of sp³-hybridized carbons (Fsp3) is 0.0833. The van der Waals surface area contributed by atoms with Gasteiger partial charge in [-0.15, -0.1) is 0 Å². The molecule has 18 heavy (non-hydrogen) atoms. The summed E-state index contributed by atoms with van der Waals surface area (Å²) >= 11 is 0. The Morgan fingerprint density at radius 3 is 2.72 bits per heavy atom. The molecule has 0 atom stereocenters. The van der Waals surface area contributed by atoms with Crippen molar-refractivity contribution in [3.8, 4) is 0 Å². The predicted octanol–water partition coefficient (Wildman–Crippen LogP) is 1.14. The van der Waals surface area contributed by atoms with E-state index in [9.17, 15) is 8.42 Å². The highest BCUT2D eigenvalue weighted by Crippen LogP contribution is 2.09. The van der Waals surface area contributed by atoms with Crippen LogP contribution in [-0.4, -0.2) is 13.4 Å². The fourth-order valence-corrected chi connectivity index (χ4v) is 2.45. The Bertz CT molecular complexity index is 627. The van der Waals surface area contributed by atoms with Crippen LogP contribution in [0.25, 0.3) is 0 Å². The van der Waals surface area contributed by atoms with Crippen LogP contribution in [0.1, 0.15) is 5.56 Å². The molecule has 0 bridgehead atoms. The van der Waals surface area contributed by atoms with Crippen LogP contribution in [0.4, 0.5) is 5.69 Å². The summed E-state index contributed by atoms with van der Waals surface area (Å²) < 4.78 is 26.3. The molecule has 0 saturated heterocycles. The van der Waals surface area contributed by atoms with Gasteiger partial charge in [0.15, 0.2) is 0 Å². The van der Waals surface area contributed by atoms with Crippen molar-refractivity contribution in [1.82, 2.24) is 9.71 Å². The van der Waals surface area contributed by atoms with Crippen LogP contribution < -0.4 is 10.5 Å². The number of benzene rings is 1. The van der Waals surface area contributed by atoms with Gasteiger partial charge in [0.1, 0.15) is 4.90 Å². The van der Waals surface area contributed by atoms with Gasteiger partial charge in [-0.2, -0.15) is 0 Å². The van der Waals surface area contributed by atoms with Gasteiger partial charge in [0.2, 0.25) is 10.0 Å². The third-order valence-electron chi connectivity index (χ3n) is 2.36. The molecule has 0 saturated carbocycles. The number of aromatic nitrogens is 1. The third-order valence-corrected chi connectivity index (χ3v) is 3.75. The third kappa shape index (κ3) is 3.06. The Balaban J connectivity index is 2.11. The Morgan fingerprint density at radius 2 is 2.06 bits per heavy atom. The van der Waals surface area contributed by atoms with Gasteiger partial charge >= 0.3 is 0 Å². The van der Waals surface area contributed by atoms with Crippen LogP contribution >= 0.6 is 0 Å². The lowest BCUT2D eigenvalue weighted by atomic mass is 10.2. The molecule has 0 spiro atoms. The number of nitrogens with zero attached hydrogens (tertiary/aromatic N) is 1. The lowest BCUT2D eigenvalue weighted by Crippen LogP contribution is -2.23. The van der Waals surface area contributed by atoms with Crippen molar-refractivity contribution in [3.63, 3.8) is 0 Å². The first-order chi connectivity index (χ1) is 8.58. The maximum Gasteiger partial charge on any atom is 0.242 e. The second-order valence-corrected chi connectivity index (χ2v) is 5.53. The molecule has 5 nitrogen and oxygen atoms in total. The lowest BCUT2D eigenvalue weighted by molar-refractivity contribution is 0.581. The first-order valence-corrected chi connectivity index (χ1v) is 6.80. The monoisotopic (exact) mass is 263 g/mol. The van der Waals surface area contributed by atoms with E-state index >= 15 is 0 Å². The maximum atomic E-state index is 11.9. The van der Waals surface area contributed by atoms with Gasteiger partial charge in [-0.05, 0) is 29.8 Å². The van der Waals surface area contributed by atoms with E-state index in [1.54, 1.807) is 24.3 Å². The minimum absolute atomic E-state index is 0.147. The minimum atomic E-state index is -3.52. The van der Waals surface area contributed by atoms with E-state index in [-0.39, 0.29) is 11.4 Å². The summed E-state index contributed by atoms with van der Waals surface area (Å²) in [5.41, 5.74) is 7.03. The van der Waals surface area contributed by atoms with Crippen LogP contribution in [0, 0.1) is 0 Å². The first-order valence-electron chi connectivity index (χ1n) is 5.32. The molecule has 2 aromatic rings. The second-order valence-electron chi connectivity index (χ2n) is 3.76. The quantitative estimate of drug-likeness (QED) is 0.810. The molecule has 1 heterocycles. The smallest absolute Gasteiger partial charge is 0.242 e. The van der Waals surface area contributed by atoms with Crippen LogP contribution in [0.3, 0.4) is 0 Å². The number of rotatable bonds is 4. The molecule has 94 valence electrons. The molecule has 0 aliphatic rings. The number of sulfonamides is 1. The minimum Gasteiger partial charge on any atom is -0.399 e. The zero-order valence-corrected chi connectivity index (χ0v) is 10.4. The molecular weight excluding hydrogens is 250 g/mol. The van der Waals surface area contributed by atoms with E-state index in [2.05, 4.69) is 9.71 Å². The average molecular weight is 263 g/mol. The zero-order chi connectivity index (χ0) is 13.0. The molecule has 1 aromatic heterocycles. The molecule has 0 amide bonds. The van der Waals surface area contributed by atoms with Gasteiger partial charge in [-0.1, -0.05) is 12.1 Å². The van der Waals surface area contributed by atoms with Gasteiger partial charge in [-0.25, -0.2) is 13.1 Å². The Kier molecular flexibility index (Phi) is 3.59. The number of pyridine rings is 1. The number of nitrogens with two attached hydrogens (primary N) is 1. The summed E-state index contributed by atoms with van der Waals surface area (Å²) in [5, 5.41) is 0. The molecule has 6 heteroatoms. The highest BCUT2D eigenvalue weighted by molar-refractivity contribution is 7.89. The van der Waals surface area contributed by atoms with E-state index in [1.807, 2.05) is 6.07 Å². The van der Waals surface area contributed by atoms with Crippen molar-refractivity contribution in [1.29, 1.82) is 0 Å². The van der Waals surface area contributed by atoms with Gasteiger partial charge in [-0.3, -0.25) is 4.98 Å². The van der Waals surface area contributed by atoms with Crippen LogP contribution in [-0.2, 0) is 16.6 Å². The van der Waals surface area contributed by atoms with Gasteiger partial charge in [0, 0.05) is 24.6 Å². The molecule has 2 rings (SSSR count). The van der Waals surface area contributed by atoms with E-state index in [0.717, 1.165) is 5.56 Å². The predicted molar refractivity (Wildman–Crippen MR) is 69.1 cm³/mol. The van der Waals surface area contributed by atoms with Crippen LogP contribution in [0.2, 0.25) is 0 Å². The first kappa shape index (κ1) is 12.5. The molecule has 0 unspecified atom stereocenters. The highest BCUT2D eigenvalue weighted by atomic mass is 32.2. The number of nitrogens with one attached hydrogen (secondary N) is 1. The zero-order valence-electron chi connectivity index (χ0n) is 9.58. The topological polar surface area (TPSA) is 85.1 Å². The summed E-state index contributed by atoms with van der Waals surface area (Å²) in [6.07, 6.45) is 2.83. The summed E-state index contributed by atoms with van der Waals surface area (Å²) in [4.78, 5) is 3.93. The highest BCUT2D eigenvalue weighted by Gasteiger charge is 2.13. The van der Waals surface area contributed by atoms with Crippen LogP contribution in [0.15, 0.2) is 53.7 Å². The van der Waals surface area contributed by atoms with Crippen molar-refractivity contribution in [2.45, 2.75) is 11.4 Å². The summed E-state index contributed by atoms with van der Waals surface area (Å²) in [6.45, 7) is 0.197. The number of hydrogen-bond donors (Lipinski definition) is 2. The standard InChI is InChI=1S/C12H13N3O2S/c13-11-4-1-3-10(7-11)8-15-18(16,17)12-5-2-6-14-9-12/h1-7,9,15H,8,13H2. The van der Waals surface area contributed by atoms with Crippen molar-refractivity contribution in [3.05, 3.63) is 54.4 Å². The fourth-order valence-electron chi connectivity index (χ4n) is 1.47. The van der Waals surface area contributed by atoms with E-state index in [4.69, 9.17) is 5.73 Å². The number of nitrogen functional groups attached to an aromatic ring is 1. The van der Waals surface area contributed by atoms with Gasteiger partial charge in [0.25, 0.3) is 0 Å². The molecule has 3 N–H and O–H groups in total. The Labute approximate surface area is 106 Å². The average Bonchev–Trinajstić information content (AvgIpc) is 2.38. The van der Waals surface area contributed by atoms with Crippen molar-refractivity contribution >= 4 is 15.7 Å². The lowest BCUT2D eigenvalue weighted by Gasteiger charge is -2.06. The van der Waals surface area contributed by atoms with Crippen molar-refractivity contribution in [2.75, 3.05) is 5.73 Å². The van der Waals surface area contributed by atoms with Gasteiger partial charge < -0.3 is 5.73 Å². The summed E-state index contributed by atoms with van der Waals surface area (Å²) in [6, 6.07) is 10.1. The molecular formula is C12H13N3O2S. The SMILES string of the molecule is Nc1cccc(CNS(=O)(=O)c2cccnc2)c1. The molecule has 0 fully saturated rings. The summed E-state index contributed by atoms with van der Waals surface area (Å²) in [5.74, 6) is 0. The molecule has 0 aliphatic heterocycles. The largest absolute Gasteiger partial charge is 0.399 e. The maximum absolute atomic E-state index is 11.9. The van der Waals surface area contributed by atoms with Crippen LogP contribution in [0.5, 0.6) is 0 Å².